The maximum Gasteiger partial charge on any atom is 0.257 e. The Balaban J connectivity index is 2.35. The first kappa shape index (κ1) is 20.6. The molecule has 0 atom stereocenters. The Kier molecular flexibility index (Phi) is 6.63. The Bertz CT molecular complexity index is 929. The van der Waals surface area contributed by atoms with Crippen LogP contribution in [0.1, 0.15) is 29.8 Å². The highest BCUT2D eigenvalue weighted by Crippen LogP contribution is 2.24. The van der Waals surface area contributed by atoms with Crippen LogP contribution in [0.4, 0.5) is 5.69 Å². The van der Waals surface area contributed by atoms with Gasteiger partial charge in [0.15, 0.2) is 0 Å². The van der Waals surface area contributed by atoms with Crippen molar-refractivity contribution < 1.29 is 13.2 Å². The van der Waals surface area contributed by atoms with Crippen LogP contribution in [0, 0.1) is 6.92 Å². The molecule has 0 saturated heterocycles. The van der Waals surface area contributed by atoms with Gasteiger partial charge in [0, 0.05) is 25.0 Å². The minimum Gasteiger partial charge on any atom is -0.322 e. The van der Waals surface area contributed by atoms with Gasteiger partial charge in [-0.15, -0.1) is 0 Å². The average molecular weight is 416 g/mol. The van der Waals surface area contributed by atoms with Crippen LogP contribution in [0.5, 0.6) is 0 Å². The molecule has 0 unspecified atom stereocenters. The lowest BCUT2D eigenvalue weighted by Gasteiger charge is -2.19. The number of rotatable bonds is 6. The van der Waals surface area contributed by atoms with Gasteiger partial charge in [-0.3, -0.25) is 4.79 Å². The van der Waals surface area contributed by atoms with Gasteiger partial charge in [0.2, 0.25) is 10.0 Å². The molecule has 0 fully saturated rings. The number of anilines is 1. The summed E-state index contributed by atoms with van der Waals surface area (Å²) in [5.41, 5.74) is 1.34. The summed E-state index contributed by atoms with van der Waals surface area (Å²) in [5.74, 6) is -0.462. The summed E-state index contributed by atoms with van der Waals surface area (Å²) in [4.78, 5) is 16.4. The first-order valence-electron chi connectivity index (χ1n) is 7.93. The molecule has 0 radical (unpaired) electrons. The SMILES string of the molecule is CCN(CC)S(=O)(=O)c1ccc(C)c(NC(=O)c2cnc(Cl)c(Cl)c2)c1. The molecule has 26 heavy (non-hydrogen) atoms. The predicted octanol–water partition coefficient (Wildman–Crippen LogP) is 3.98. The fourth-order valence-corrected chi connectivity index (χ4v) is 4.10. The second-order valence-corrected chi connectivity index (χ2v) is 8.22. The van der Waals surface area contributed by atoms with E-state index in [0.717, 1.165) is 5.56 Å². The molecular weight excluding hydrogens is 397 g/mol. The number of pyridine rings is 1. The lowest BCUT2D eigenvalue weighted by atomic mass is 10.2. The molecule has 0 bridgehead atoms. The van der Waals surface area contributed by atoms with Crippen LogP contribution in [-0.2, 0) is 10.0 Å². The standard InChI is InChI=1S/C17H19Cl2N3O3S/c1-4-22(5-2)26(24,25)13-7-6-11(3)15(9-13)21-17(23)12-8-14(18)16(19)20-10-12/h6-10H,4-5H2,1-3H3,(H,21,23). The molecule has 0 aliphatic carbocycles. The van der Waals surface area contributed by atoms with E-state index < -0.39 is 15.9 Å². The Morgan fingerprint density at radius 3 is 2.42 bits per heavy atom. The normalized spacial score (nSPS) is 11.6. The van der Waals surface area contributed by atoms with Crippen LogP contribution in [-0.4, -0.2) is 36.7 Å². The smallest absolute Gasteiger partial charge is 0.257 e. The van der Waals surface area contributed by atoms with Crippen molar-refractivity contribution in [3.05, 3.63) is 51.8 Å². The Labute approximate surface area is 163 Å². The van der Waals surface area contributed by atoms with E-state index in [1.165, 1.54) is 28.7 Å². The molecule has 1 heterocycles. The van der Waals surface area contributed by atoms with Gasteiger partial charge in [0.25, 0.3) is 5.91 Å². The summed E-state index contributed by atoms with van der Waals surface area (Å²) in [6.45, 7) is 6.05. The summed E-state index contributed by atoms with van der Waals surface area (Å²) in [5, 5.41) is 2.96. The molecule has 1 N–H and O–H groups in total. The van der Waals surface area contributed by atoms with Crippen molar-refractivity contribution in [2.24, 2.45) is 0 Å². The molecule has 0 aliphatic heterocycles. The third-order valence-corrected chi connectivity index (χ3v) is 6.59. The van der Waals surface area contributed by atoms with E-state index in [2.05, 4.69) is 10.3 Å². The van der Waals surface area contributed by atoms with E-state index in [0.29, 0.717) is 18.8 Å². The minimum absolute atomic E-state index is 0.103. The second-order valence-electron chi connectivity index (χ2n) is 5.52. The van der Waals surface area contributed by atoms with Crippen molar-refractivity contribution in [3.8, 4) is 0 Å². The topological polar surface area (TPSA) is 79.4 Å². The summed E-state index contributed by atoms with van der Waals surface area (Å²) in [7, 11) is -3.62. The van der Waals surface area contributed by atoms with Crippen LogP contribution in [0.15, 0.2) is 35.4 Å². The number of aromatic nitrogens is 1. The maximum atomic E-state index is 12.7. The van der Waals surface area contributed by atoms with E-state index in [4.69, 9.17) is 23.2 Å². The van der Waals surface area contributed by atoms with Gasteiger partial charge in [-0.1, -0.05) is 43.1 Å². The number of amides is 1. The number of aryl methyl sites for hydroxylation is 1. The Hall–Kier alpha value is -1.67. The molecule has 1 aromatic heterocycles. The van der Waals surface area contributed by atoms with Crippen molar-refractivity contribution in [1.29, 1.82) is 0 Å². The maximum absolute atomic E-state index is 12.7. The highest BCUT2D eigenvalue weighted by Gasteiger charge is 2.22. The van der Waals surface area contributed by atoms with Gasteiger partial charge in [-0.2, -0.15) is 4.31 Å². The highest BCUT2D eigenvalue weighted by atomic mass is 35.5. The number of hydrogen-bond acceptors (Lipinski definition) is 4. The van der Waals surface area contributed by atoms with Crippen molar-refractivity contribution in [2.45, 2.75) is 25.7 Å². The van der Waals surface area contributed by atoms with Gasteiger partial charge in [0.05, 0.1) is 15.5 Å². The third kappa shape index (κ3) is 4.35. The zero-order chi connectivity index (χ0) is 19.5. The molecule has 0 saturated carbocycles. The lowest BCUT2D eigenvalue weighted by Crippen LogP contribution is -2.30. The van der Waals surface area contributed by atoms with Crippen LogP contribution in [0.3, 0.4) is 0 Å². The number of halogens is 2. The van der Waals surface area contributed by atoms with E-state index in [1.807, 2.05) is 0 Å². The molecule has 6 nitrogen and oxygen atoms in total. The van der Waals surface area contributed by atoms with Crippen molar-refractivity contribution in [3.63, 3.8) is 0 Å². The van der Waals surface area contributed by atoms with Gasteiger partial charge >= 0.3 is 0 Å². The largest absolute Gasteiger partial charge is 0.322 e. The zero-order valence-electron chi connectivity index (χ0n) is 14.6. The number of hydrogen-bond donors (Lipinski definition) is 1. The number of carbonyl (C=O) groups excluding carboxylic acids is 1. The number of nitrogens with zero attached hydrogens (tertiary/aromatic N) is 2. The summed E-state index contributed by atoms with van der Waals surface area (Å²) < 4.78 is 26.7. The molecule has 2 rings (SSSR count). The van der Waals surface area contributed by atoms with E-state index in [-0.39, 0.29) is 20.6 Å². The summed E-state index contributed by atoms with van der Waals surface area (Å²) in [6, 6.07) is 6.03. The number of nitrogens with one attached hydrogen (secondary N) is 1. The molecule has 0 aliphatic rings. The summed E-state index contributed by atoms with van der Waals surface area (Å²) in [6.07, 6.45) is 1.30. The molecule has 2 aromatic rings. The molecule has 1 aromatic carbocycles. The van der Waals surface area contributed by atoms with Crippen molar-refractivity contribution >= 4 is 44.8 Å². The molecule has 1 amide bonds. The van der Waals surface area contributed by atoms with Gasteiger partial charge in [0.1, 0.15) is 5.15 Å². The van der Waals surface area contributed by atoms with Gasteiger partial charge in [-0.25, -0.2) is 13.4 Å². The number of benzene rings is 1. The fraction of sp³-hybridized carbons (Fsp3) is 0.294. The third-order valence-electron chi connectivity index (χ3n) is 3.86. The lowest BCUT2D eigenvalue weighted by molar-refractivity contribution is 0.102. The van der Waals surface area contributed by atoms with Gasteiger partial charge < -0.3 is 5.32 Å². The average Bonchev–Trinajstić information content (AvgIpc) is 2.59. The van der Waals surface area contributed by atoms with Crippen LogP contribution in [0.25, 0.3) is 0 Å². The van der Waals surface area contributed by atoms with E-state index in [9.17, 15) is 13.2 Å². The number of sulfonamides is 1. The molecular formula is C17H19Cl2N3O3S. The Morgan fingerprint density at radius 1 is 1.19 bits per heavy atom. The monoisotopic (exact) mass is 415 g/mol. The van der Waals surface area contributed by atoms with E-state index >= 15 is 0 Å². The number of carbonyl (C=O) groups is 1. The minimum atomic E-state index is -3.62. The zero-order valence-corrected chi connectivity index (χ0v) is 16.9. The van der Waals surface area contributed by atoms with Crippen molar-refractivity contribution in [2.75, 3.05) is 18.4 Å². The fourth-order valence-electron chi connectivity index (χ4n) is 2.35. The van der Waals surface area contributed by atoms with Crippen molar-refractivity contribution in [1.82, 2.24) is 9.29 Å². The first-order chi connectivity index (χ1) is 12.2. The molecule has 140 valence electrons. The molecule has 0 spiro atoms. The van der Waals surface area contributed by atoms with Crippen LogP contribution in [0.2, 0.25) is 10.2 Å². The second kappa shape index (κ2) is 8.35. The van der Waals surface area contributed by atoms with Crippen LogP contribution < -0.4 is 5.32 Å². The first-order valence-corrected chi connectivity index (χ1v) is 10.1. The predicted molar refractivity (Wildman–Crippen MR) is 103 cm³/mol. The van der Waals surface area contributed by atoms with E-state index in [1.54, 1.807) is 26.8 Å². The highest BCUT2D eigenvalue weighted by molar-refractivity contribution is 7.89. The quantitative estimate of drug-likeness (QED) is 0.723. The summed E-state index contributed by atoms with van der Waals surface area (Å²) >= 11 is 11.6. The molecule has 9 heteroatoms. The Morgan fingerprint density at radius 2 is 1.85 bits per heavy atom. The van der Waals surface area contributed by atoms with Gasteiger partial charge in [-0.05, 0) is 30.7 Å². The van der Waals surface area contributed by atoms with Crippen LogP contribution >= 0.6 is 23.2 Å².